The van der Waals surface area contributed by atoms with Gasteiger partial charge in [-0.3, -0.25) is 9.59 Å². The number of nitrogens with one attached hydrogen (secondary N) is 2. The first-order valence-corrected chi connectivity index (χ1v) is 8.66. The molecule has 0 fully saturated rings. The fourth-order valence-electron chi connectivity index (χ4n) is 3.28. The van der Waals surface area contributed by atoms with Crippen LogP contribution in [0.5, 0.6) is 11.5 Å². The van der Waals surface area contributed by atoms with Crippen molar-refractivity contribution < 1.29 is 14.3 Å². The Morgan fingerprint density at radius 2 is 1.33 bits per heavy atom. The molecular weight excluding hydrogens is 340 g/mol. The molecule has 5 heteroatoms. The summed E-state index contributed by atoms with van der Waals surface area (Å²) in [5, 5.41) is 5.68. The number of fused-ring (bicyclic) bond motifs is 2. The van der Waals surface area contributed by atoms with Crippen LogP contribution in [0.1, 0.15) is 24.0 Å². The Balaban J connectivity index is 1.67. The lowest BCUT2D eigenvalue weighted by Gasteiger charge is -2.27. The van der Waals surface area contributed by atoms with Crippen LogP contribution in [0.3, 0.4) is 0 Å². The second kappa shape index (κ2) is 6.96. The smallest absolute Gasteiger partial charge is 0.236 e. The summed E-state index contributed by atoms with van der Waals surface area (Å²) in [6, 6.07) is 22.2. The zero-order chi connectivity index (χ0) is 18.8. The quantitative estimate of drug-likeness (QED) is 0.723. The third kappa shape index (κ3) is 3.40. The van der Waals surface area contributed by atoms with E-state index in [4.69, 9.17) is 4.74 Å². The number of carbonyl (C=O) groups is 2. The molecule has 0 aromatic heterocycles. The van der Waals surface area contributed by atoms with Gasteiger partial charge < -0.3 is 15.4 Å². The van der Waals surface area contributed by atoms with Crippen LogP contribution in [0.2, 0.25) is 0 Å². The van der Waals surface area contributed by atoms with Gasteiger partial charge in [0.1, 0.15) is 11.5 Å². The van der Waals surface area contributed by atoms with Gasteiger partial charge in [0, 0.05) is 29.4 Å². The molecule has 4 rings (SSSR count). The summed E-state index contributed by atoms with van der Waals surface area (Å²) in [6.07, 6.45) is 0. The summed E-state index contributed by atoms with van der Waals surface area (Å²) in [5.74, 6) is 0.575. The molecule has 5 nitrogen and oxygen atoms in total. The van der Waals surface area contributed by atoms with Gasteiger partial charge in [-0.25, -0.2) is 0 Å². The van der Waals surface area contributed by atoms with E-state index in [0.29, 0.717) is 22.9 Å². The molecule has 0 unspecified atom stereocenters. The Kier molecular flexibility index (Phi) is 4.34. The minimum atomic E-state index is -0.476. The largest absolute Gasteiger partial charge is 0.457 e. The average Bonchev–Trinajstić information content (AvgIpc) is 2.65. The number of ether oxygens (including phenoxy) is 1. The van der Waals surface area contributed by atoms with Gasteiger partial charge in [-0.2, -0.15) is 0 Å². The molecule has 0 radical (unpaired) electrons. The minimum Gasteiger partial charge on any atom is -0.457 e. The SMILES string of the molecule is CC(=O)Nc1cccc(NC(=O)C2c3ccccc3Oc3ccccc32)c1. The van der Waals surface area contributed by atoms with Gasteiger partial charge >= 0.3 is 0 Å². The maximum Gasteiger partial charge on any atom is 0.236 e. The molecule has 1 aliphatic heterocycles. The first-order chi connectivity index (χ1) is 13.1. The summed E-state index contributed by atoms with van der Waals surface area (Å²) in [6.45, 7) is 1.45. The highest BCUT2D eigenvalue weighted by Gasteiger charge is 2.32. The second-order valence-corrected chi connectivity index (χ2v) is 6.36. The first kappa shape index (κ1) is 16.8. The fourth-order valence-corrected chi connectivity index (χ4v) is 3.28. The number of para-hydroxylation sites is 2. The Labute approximate surface area is 157 Å². The molecule has 0 bridgehead atoms. The van der Waals surface area contributed by atoms with E-state index >= 15 is 0 Å². The standard InChI is InChI=1S/C22H18N2O3/c1-14(25)23-15-7-6-8-16(13-15)24-22(26)21-17-9-2-4-11-19(17)27-20-12-5-3-10-18(20)21/h2-13,21H,1H3,(H,23,25)(H,24,26). The molecule has 27 heavy (non-hydrogen) atoms. The number of hydrogen-bond donors (Lipinski definition) is 2. The third-order valence-electron chi connectivity index (χ3n) is 4.39. The third-order valence-corrected chi connectivity index (χ3v) is 4.39. The summed E-state index contributed by atoms with van der Waals surface area (Å²) in [4.78, 5) is 24.4. The van der Waals surface area contributed by atoms with E-state index in [1.54, 1.807) is 24.3 Å². The maximum absolute atomic E-state index is 13.2. The normalized spacial score (nSPS) is 12.3. The number of carbonyl (C=O) groups excluding carboxylic acids is 2. The van der Waals surface area contributed by atoms with Crippen molar-refractivity contribution in [1.82, 2.24) is 0 Å². The lowest BCUT2D eigenvalue weighted by Crippen LogP contribution is -2.25. The van der Waals surface area contributed by atoms with Crippen LogP contribution in [0.4, 0.5) is 11.4 Å². The van der Waals surface area contributed by atoms with Crippen LogP contribution < -0.4 is 15.4 Å². The molecular formula is C22H18N2O3. The average molecular weight is 358 g/mol. The van der Waals surface area contributed by atoms with Gasteiger partial charge in [-0.05, 0) is 30.3 Å². The van der Waals surface area contributed by atoms with E-state index in [2.05, 4.69) is 10.6 Å². The summed E-state index contributed by atoms with van der Waals surface area (Å²) < 4.78 is 5.94. The number of rotatable bonds is 3. The van der Waals surface area contributed by atoms with Crippen molar-refractivity contribution in [2.75, 3.05) is 10.6 Å². The van der Waals surface area contributed by atoms with Crippen LogP contribution in [0.15, 0.2) is 72.8 Å². The predicted octanol–water partition coefficient (Wildman–Crippen LogP) is 4.52. The van der Waals surface area contributed by atoms with E-state index in [9.17, 15) is 9.59 Å². The maximum atomic E-state index is 13.2. The van der Waals surface area contributed by atoms with Crippen molar-refractivity contribution in [1.29, 1.82) is 0 Å². The van der Waals surface area contributed by atoms with Crippen molar-refractivity contribution >= 4 is 23.2 Å². The highest BCUT2D eigenvalue weighted by Crippen LogP contribution is 2.44. The Bertz CT molecular complexity index is 984. The van der Waals surface area contributed by atoms with Crippen molar-refractivity contribution in [2.24, 2.45) is 0 Å². The summed E-state index contributed by atoms with van der Waals surface area (Å²) >= 11 is 0. The fraction of sp³-hybridized carbons (Fsp3) is 0.0909. The van der Waals surface area contributed by atoms with Crippen molar-refractivity contribution in [3.05, 3.63) is 83.9 Å². The zero-order valence-corrected chi connectivity index (χ0v) is 14.7. The molecule has 2 amide bonds. The molecule has 0 aliphatic carbocycles. The topological polar surface area (TPSA) is 67.4 Å². The number of hydrogen-bond acceptors (Lipinski definition) is 3. The van der Waals surface area contributed by atoms with Gasteiger partial charge in [0.05, 0.1) is 5.92 Å². The van der Waals surface area contributed by atoms with Gasteiger partial charge in [0.25, 0.3) is 0 Å². The van der Waals surface area contributed by atoms with E-state index < -0.39 is 5.92 Å². The summed E-state index contributed by atoms with van der Waals surface area (Å²) in [7, 11) is 0. The molecule has 0 spiro atoms. The number of benzene rings is 3. The van der Waals surface area contributed by atoms with Gasteiger partial charge in [0.2, 0.25) is 11.8 Å². The highest BCUT2D eigenvalue weighted by molar-refractivity contribution is 6.00. The highest BCUT2D eigenvalue weighted by atomic mass is 16.5. The van der Waals surface area contributed by atoms with Crippen LogP contribution in [0, 0.1) is 0 Å². The molecule has 0 saturated heterocycles. The van der Waals surface area contributed by atoms with Crippen molar-refractivity contribution in [3.63, 3.8) is 0 Å². The van der Waals surface area contributed by atoms with E-state index in [1.807, 2.05) is 48.5 Å². The van der Waals surface area contributed by atoms with E-state index in [-0.39, 0.29) is 11.8 Å². The van der Waals surface area contributed by atoms with Gasteiger partial charge in [-0.15, -0.1) is 0 Å². The predicted molar refractivity (Wildman–Crippen MR) is 104 cm³/mol. The Morgan fingerprint density at radius 1 is 0.778 bits per heavy atom. The van der Waals surface area contributed by atoms with Crippen LogP contribution in [-0.4, -0.2) is 11.8 Å². The van der Waals surface area contributed by atoms with Crippen LogP contribution >= 0.6 is 0 Å². The lowest BCUT2D eigenvalue weighted by molar-refractivity contribution is -0.117. The lowest BCUT2D eigenvalue weighted by atomic mass is 9.87. The number of anilines is 2. The number of amides is 2. The molecule has 3 aromatic carbocycles. The minimum absolute atomic E-state index is 0.154. The Morgan fingerprint density at radius 3 is 1.93 bits per heavy atom. The summed E-state index contributed by atoms with van der Waals surface area (Å²) in [5.41, 5.74) is 2.90. The van der Waals surface area contributed by atoms with E-state index in [0.717, 1.165) is 11.1 Å². The van der Waals surface area contributed by atoms with Crippen LogP contribution in [-0.2, 0) is 9.59 Å². The van der Waals surface area contributed by atoms with Gasteiger partial charge in [-0.1, -0.05) is 42.5 Å². The molecule has 1 aliphatic rings. The van der Waals surface area contributed by atoms with Crippen molar-refractivity contribution in [3.8, 4) is 11.5 Å². The van der Waals surface area contributed by atoms with Crippen molar-refractivity contribution in [2.45, 2.75) is 12.8 Å². The molecule has 134 valence electrons. The molecule has 1 heterocycles. The monoisotopic (exact) mass is 358 g/mol. The second-order valence-electron chi connectivity index (χ2n) is 6.36. The molecule has 2 N–H and O–H groups in total. The molecule has 3 aromatic rings. The van der Waals surface area contributed by atoms with E-state index in [1.165, 1.54) is 6.92 Å². The Hall–Kier alpha value is -3.60. The molecule has 0 atom stereocenters. The first-order valence-electron chi connectivity index (χ1n) is 8.66. The zero-order valence-electron chi connectivity index (χ0n) is 14.7. The molecule has 0 saturated carbocycles. The van der Waals surface area contributed by atoms with Gasteiger partial charge in [0.15, 0.2) is 0 Å². The van der Waals surface area contributed by atoms with Crippen LogP contribution in [0.25, 0.3) is 0 Å².